The number of halogens is 3. The average Bonchev–Trinajstić information content (AvgIpc) is 3.10. The standard InChI is InChI=1S/C22H24F3N3/c23-22(24,25)17-9-7-16(8-10-17)20-14-19-13-12-18(28(19)21(26)27-20)11-6-15-4-2-1-3-5-15/h1-5,7-10,18-20H,6,11-14H2,(H2,26,27)/t18-,19+,20+/m0/s1. The molecule has 2 aliphatic heterocycles. The predicted octanol–water partition coefficient (Wildman–Crippen LogP) is 4.93. The van der Waals surface area contributed by atoms with Crippen LogP contribution in [0.5, 0.6) is 0 Å². The first kappa shape index (κ1) is 18.8. The summed E-state index contributed by atoms with van der Waals surface area (Å²) in [6.45, 7) is 0. The first-order chi connectivity index (χ1) is 13.4. The minimum atomic E-state index is -4.32. The van der Waals surface area contributed by atoms with E-state index in [2.05, 4.69) is 34.2 Å². The van der Waals surface area contributed by atoms with Crippen LogP contribution in [0.1, 0.15) is 48.4 Å². The Kier molecular flexibility index (Phi) is 5.04. The Morgan fingerprint density at radius 2 is 1.71 bits per heavy atom. The highest BCUT2D eigenvalue weighted by molar-refractivity contribution is 5.80. The van der Waals surface area contributed by atoms with E-state index in [0.29, 0.717) is 18.0 Å². The highest BCUT2D eigenvalue weighted by Gasteiger charge is 2.39. The molecular weight excluding hydrogens is 363 g/mol. The number of rotatable bonds is 4. The van der Waals surface area contributed by atoms with Crippen LogP contribution < -0.4 is 5.73 Å². The second-order valence-corrected chi connectivity index (χ2v) is 7.68. The third-order valence-corrected chi connectivity index (χ3v) is 5.90. The third kappa shape index (κ3) is 3.86. The SMILES string of the molecule is NC1=N[C@@H](c2ccc(C(F)(F)F)cc2)C[C@H]2CC[C@H](CCc3ccccc3)N12. The molecule has 2 heterocycles. The molecule has 0 aromatic heterocycles. The van der Waals surface area contributed by atoms with Crippen molar-refractivity contribution in [3.8, 4) is 0 Å². The molecule has 0 saturated carbocycles. The maximum atomic E-state index is 12.8. The van der Waals surface area contributed by atoms with Crippen LogP contribution in [0.15, 0.2) is 59.6 Å². The zero-order valence-electron chi connectivity index (χ0n) is 15.6. The van der Waals surface area contributed by atoms with Crippen molar-refractivity contribution in [3.63, 3.8) is 0 Å². The molecule has 2 aliphatic rings. The Morgan fingerprint density at radius 3 is 2.39 bits per heavy atom. The number of hydrogen-bond donors (Lipinski definition) is 1. The molecule has 0 amide bonds. The fourth-order valence-electron chi connectivity index (χ4n) is 4.47. The first-order valence-corrected chi connectivity index (χ1v) is 9.74. The van der Waals surface area contributed by atoms with Gasteiger partial charge in [-0.1, -0.05) is 42.5 Å². The van der Waals surface area contributed by atoms with Gasteiger partial charge in [0.15, 0.2) is 5.96 Å². The van der Waals surface area contributed by atoms with Crippen molar-refractivity contribution in [2.45, 2.75) is 56.4 Å². The summed E-state index contributed by atoms with van der Waals surface area (Å²) in [5.74, 6) is 0.525. The number of guanidine groups is 1. The molecular formula is C22H24F3N3. The van der Waals surface area contributed by atoms with E-state index in [4.69, 9.17) is 5.73 Å². The quantitative estimate of drug-likeness (QED) is 0.808. The molecule has 0 aliphatic carbocycles. The van der Waals surface area contributed by atoms with Crippen molar-refractivity contribution in [2.75, 3.05) is 0 Å². The number of alkyl halides is 3. The Bertz CT molecular complexity index is 830. The monoisotopic (exact) mass is 387 g/mol. The molecule has 1 saturated heterocycles. The Balaban J connectivity index is 1.45. The van der Waals surface area contributed by atoms with Crippen LogP contribution in [-0.2, 0) is 12.6 Å². The van der Waals surface area contributed by atoms with E-state index in [1.165, 1.54) is 17.7 Å². The first-order valence-electron chi connectivity index (χ1n) is 9.74. The topological polar surface area (TPSA) is 41.6 Å². The van der Waals surface area contributed by atoms with Crippen LogP contribution in [0.4, 0.5) is 13.2 Å². The molecule has 2 aromatic carbocycles. The van der Waals surface area contributed by atoms with Gasteiger partial charge in [0.25, 0.3) is 0 Å². The largest absolute Gasteiger partial charge is 0.416 e. The maximum Gasteiger partial charge on any atom is 0.416 e. The molecule has 0 bridgehead atoms. The van der Waals surface area contributed by atoms with E-state index < -0.39 is 11.7 Å². The maximum absolute atomic E-state index is 12.8. The molecule has 4 rings (SSSR count). The molecule has 2 aromatic rings. The zero-order valence-corrected chi connectivity index (χ0v) is 15.6. The number of aliphatic imine (C=N–C) groups is 1. The molecule has 0 radical (unpaired) electrons. The summed E-state index contributed by atoms with van der Waals surface area (Å²) in [5.41, 5.74) is 7.79. The molecule has 0 unspecified atom stereocenters. The van der Waals surface area contributed by atoms with Gasteiger partial charge >= 0.3 is 6.18 Å². The van der Waals surface area contributed by atoms with Crippen molar-refractivity contribution >= 4 is 5.96 Å². The lowest BCUT2D eigenvalue weighted by atomic mass is 9.96. The summed E-state index contributed by atoms with van der Waals surface area (Å²) in [6.07, 6.45) is 0.641. The molecule has 3 nitrogen and oxygen atoms in total. The third-order valence-electron chi connectivity index (χ3n) is 5.90. The summed E-state index contributed by atoms with van der Waals surface area (Å²) in [6, 6.07) is 16.2. The van der Waals surface area contributed by atoms with Gasteiger partial charge in [0.05, 0.1) is 11.6 Å². The van der Waals surface area contributed by atoms with Crippen molar-refractivity contribution in [3.05, 3.63) is 71.3 Å². The smallest absolute Gasteiger partial charge is 0.370 e. The fourth-order valence-corrected chi connectivity index (χ4v) is 4.47. The van der Waals surface area contributed by atoms with Gasteiger partial charge in [-0.15, -0.1) is 0 Å². The average molecular weight is 387 g/mol. The van der Waals surface area contributed by atoms with Crippen LogP contribution in [0.3, 0.4) is 0 Å². The van der Waals surface area contributed by atoms with Crippen molar-refractivity contribution in [1.82, 2.24) is 4.90 Å². The molecule has 0 spiro atoms. The summed E-state index contributed by atoms with van der Waals surface area (Å²) in [4.78, 5) is 6.87. The summed E-state index contributed by atoms with van der Waals surface area (Å²) >= 11 is 0. The second kappa shape index (κ2) is 7.49. The van der Waals surface area contributed by atoms with E-state index >= 15 is 0 Å². The van der Waals surface area contributed by atoms with Gasteiger partial charge in [-0.3, -0.25) is 0 Å². The van der Waals surface area contributed by atoms with Crippen LogP contribution in [-0.4, -0.2) is 22.9 Å². The van der Waals surface area contributed by atoms with E-state index in [9.17, 15) is 13.2 Å². The number of aryl methyl sites for hydroxylation is 1. The van der Waals surface area contributed by atoms with Gasteiger partial charge in [0.1, 0.15) is 0 Å². The van der Waals surface area contributed by atoms with Gasteiger partial charge in [-0.05, 0) is 55.4 Å². The minimum Gasteiger partial charge on any atom is -0.370 e. The van der Waals surface area contributed by atoms with Crippen molar-refractivity contribution < 1.29 is 13.2 Å². The summed E-state index contributed by atoms with van der Waals surface area (Å²) in [5, 5.41) is 0. The normalized spacial score (nSPS) is 24.8. The van der Waals surface area contributed by atoms with Crippen LogP contribution in [0.25, 0.3) is 0 Å². The minimum absolute atomic E-state index is 0.170. The lowest BCUT2D eigenvalue weighted by Crippen LogP contribution is -2.48. The molecule has 6 heteroatoms. The highest BCUT2D eigenvalue weighted by atomic mass is 19.4. The molecule has 3 atom stereocenters. The van der Waals surface area contributed by atoms with Crippen molar-refractivity contribution in [1.29, 1.82) is 0 Å². The number of fused-ring (bicyclic) bond motifs is 1. The predicted molar refractivity (Wildman–Crippen MR) is 104 cm³/mol. The van der Waals surface area contributed by atoms with Gasteiger partial charge < -0.3 is 10.6 Å². The van der Waals surface area contributed by atoms with Crippen molar-refractivity contribution in [2.24, 2.45) is 10.7 Å². The van der Waals surface area contributed by atoms with E-state index in [-0.39, 0.29) is 6.04 Å². The van der Waals surface area contributed by atoms with E-state index in [0.717, 1.165) is 49.8 Å². The second-order valence-electron chi connectivity index (χ2n) is 7.68. The number of nitrogens with zero attached hydrogens (tertiary/aromatic N) is 2. The van der Waals surface area contributed by atoms with Gasteiger partial charge in [-0.2, -0.15) is 13.2 Å². The van der Waals surface area contributed by atoms with Gasteiger partial charge in [0, 0.05) is 12.1 Å². The molecule has 28 heavy (non-hydrogen) atoms. The Morgan fingerprint density at radius 1 is 1.00 bits per heavy atom. The molecule has 2 N–H and O–H groups in total. The Labute approximate surface area is 163 Å². The lowest BCUT2D eigenvalue weighted by Gasteiger charge is -2.37. The molecule has 1 fully saturated rings. The van der Waals surface area contributed by atoms with Gasteiger partial charge in [-0.25, -0.2) is 4.99 Å². The summed E-state index contributed by atoms with van der Waals surface area (Å²) < 4.78 is 38.4. The van der Waals surface area contributed by atoms with Crippen LogP contribution in [0, 0.1) is 0 Å². The van der Waals surface area contributed by atoms with E-state index in [1.54, 1.807) is 0 Å². The zero-order chi connectivity index (χ0) is 19.7. The highest BCUT2D eigenvalue weighted by Crippen LogP contribution is 2.38. The number of nitrogens with two attached hydrogens (primary N) is 1. The number of benzene rings is 2. The summed E-state index contributed by atoms with van der Waals surface area (Å²) in [7, 11) is 0. The van der Waals surface area contributed by atoms with Crippen LogP contribution in [0.2, 0.25) is 0 Å². The Hall–Kier alpha value is -2.50. The van der Waals surface area contributed by atoms with Crippen LogP contribution >= 0.6 is 0 Å². The number of hydrogen-bond acceptors (Lipinski definition) is 3. The molecule has 148 valence electrons. The van der Waals surface area contributed by atoms with E-state index in [1.807, 2.05) is 6.07 Å². The van der Waals surface area contributed by atoms with Gasteiger partial charge in [0.2, 0.25) is 0 Å². The fraction of sp³-hybridized carbons (Fsp3) is 0.409. The lowest BCUT2D eigenvalue weighted by molar-refractivity contribution is -0.137.